The number of hydrogen-bond donors (Lipinski definition) is 1. The van der Waals surface area contributed by atoms with Gasteiger partial charge in [0, 0.05) is 36.0 Å². The van der Waals surface area contributed by atoms with Gasteiger partial charge in [0.05, 0.1) is 11.3 Å². The third kappa shape index (κ3) is 3.01. The molecule has 4 rings (SSSR count). The molecule has 6 atom stereocenters. The summed E-state index contributed by atoms with van der Waals surface area (Å²) in [7, 11) is 1.61. The topological polar surface area (TPSA) is 99.1 Å². The predicted molar refractivity (Wildman–Crippen MR) is 125 cm³/mol. The molecule has 7 heteroatoms. The molecule has 2 fully saturated rings. The van der Waals surface area contributed by atoms with Gasteiger partial charge in [0.2, 0.25) is 5.78 Å². The summed E-state index contributed by atoms with van der Waals surface area (Å²) in [4.78, 5) is 38.1. The first kappa shape index (κ1) is 24.7. The lowest BCUT2D eigenvalue weighted by atomic mass is 9.34. The fourth-order valence-electron chi connectivity index (χ4n) is 7.05. The lowest BCUT2D eigenvalue weighted by molar-refractivity contribution is -0.252. The number of rotatable bonds is 6. The Labute approximate surface area is 201 Å². The number of ketones is 1. The van der Waals surface area contributed by atoms with Gasteiger partial charge >= 0.3 is 11.9 Å². The molecule has 0 aromatic carbocycles. The van der Waals surface area contributed by atoms with Crippen LogP contribution in [0.15, 0.2) is 35.6 Å². The van der Waals surface area contributed by atoms with Gasteiger partial charge in [-0.15, -0.1) is 6.58 Å². The van der Waals surface area contributed by atoms with E-state index in [1.54, 1.807) is 27.9 Å². The third-order valence-electron chi connectivity index (χ3n) is 8.89. The zero-order valence-corrected chi connectivity index (χ0v) is 21.0. The summed E-state index contributed by atoms with van der Waals surface area (Å²) < 4.78 is 17.7. The molecule has 0 saturated heterocycles. The van der Waals surface area contributed by atoms with Gasteiger partial charge in [0.15, 0.2) is 5.76 Å². The number of ether oxygens (including phenoxy) is 3. The zero-order chi connectivity index (χ0) is 25.3. The van der Waals surface area contributed by atoms with Crippen molar-refractivity contribution in [1.82, 2.24) is 0 Å². The quantitative estimate of drug-likeness (QED) is 0.456. The highest BCUT2D eigenvalue weighted by molar-refractivity contribution is 6.11. The lowest BCUT2D eigenvalue weighted by Gasteiger charge is -2.72. The molecule has 0 aromatic rings. The Morgan fingerprint density at radius 2 is 1.97 bits per heavy atom. The average molecular weight is 473 g/mol. The molecule has 186 valence electrons. The Kier molecular flexibility index (Phi) is 5.67. The van der Waals surface area contributed by atoms with Crippen molar-refractivity contribution in [3.8, 4) is 0 Å². The van der Waals surface area contributed by atoms with E-state index >= 15 is 0 Å². The molecular formula is C27H36O7. The minimum Gasteiger partial charge on any atom is -0.504 e. The Bertz CT molecular complexity index is 1020. The number of carbonyl (C=O) groups is 3. The van der Waals surface area contributed by atoms with Crippen molar-refractivity contribution in [3.05, 3.63) is 35.6 Å². The van der Waals surface area contributed by atoms with Gasteiger partial charge in [-0.2, -0.15) is 0 Å². The Hall–Kier alpha value is -2.41. The van der Waals surface area contributed by atoms with Crippen LogP contribution in [0.4, 0.5) is 0 Å². The van der Waals surface area contributed by atoms with E-state index in [4.69, 9.17) is 14.2 Å². The number of allylic oxidation sites excluding steroid dienone is 3. The number of hydrogen-bond acceptors (Lipinski definition) is 7. The molecule has 1 N–H and O–H groups in total. The van der Waals surface area contributed by atoms with E-state index in [-0.39, 0.29) is 29.6 Å². The Morgan fingerprint density at radius 1 is 1.29 bits per heavy atom. The summed E-state index contributed by atoms with van der Waals surface area (Å²) >= 11 is 0. The average Bonchev–Trinajstić information content (AvgIpc) is 2.77. The van der Waals surface area contributed by atoms with Gasteiger partial charge in [-0.1, -0.05) is 32.9 Å². The maximum Gasteiger partial charge on any atom is 0.308 e. The molecule has 0 aliphatic heterocycles. The molecule has 0 radical (unpaired) electrons. The first-order valence-electron chi connectivity index (χ1n) is 12.1. The Morgan fingerprint density at radius 3 is 2.53 bits per heavy atom. The molecule has 0 bridgehead atoms. The second kappa shape index (κ2) is 7.80. The van der Waals surface area contributed by atoms with Crippen LogP contribution in [-0.2, 0) is 28.6 Å². The maximum absolute atomic E-state index is 13.7. The predicted octanol–water partition coefficient (Wildman–Crippen LogP) is 4.23. The minimum absolute atomic E-state index is 0.0579. The van der Waals surface area contributed by atoms with Gasteiger partial charge in [-0.25, -0.2) is 0 Å². The molecular weight excluding hydrogens is 436 g/mol. The summed E-state index contributed by atoms with van der Waals surface area (Å²) in [6, 6.07) is 0. The summed E-state index contributed by atoms with van der Waals surface area (Å²) in [5, 5.41) is 11.5. The minimum atomic E-state index is -1.12. The van der Waals surface area contributed by atoms with Gasteiger partial charge < -0.3 is 19.3 Å². The van der Waals surface area contributed by atoms with E-state index in [0.29, 0.717) is 30.4 Å². The third-order valence-corrected chi connectivity index (χ3v) is 8.89. The monoisotopic (exact) mass is 472 g/mol. The molecule has 1 spiro atoms. The van der Waals surface area contributed by atoms with Crippen LogP contribution in [-0.4, -0.2) is 48.3 Å². The highest BCUT2D eigenvalue weighted by Gasteiger charge is 2.78. The number of aliphatic hydroxyl groups excluding tert-OH is 1. The van der Waals surface area contributed by atoms with E-state index in [9.17, 15) is 19.5 Å². The Balaban J connectivity index is 1.92. The van der Waals surface area contributed by atoms with Crippen molar-refractivity contribution >= 4 is 17.7 Å². The van der Waals surface area contributed by atoms with Gasteiger partial charge in [0.25, 0.3) is 0 Å². The number of Topliss-reactive ketones (excluding diaryl/α,β-unsaturated/α-hetero) is 1. The summed E-state index contributed by atoms with van der Waals surface area (Å²) in [5.74, 6) is -2.09. The number of carbonyl (C=O) groups excluding carboxylic acids is 3. The largest absolute Gasteiger partial charge is 0.504 e. The van der Waals surface area contributed by atoms with Crippen LogP contribution in [0.3, 0.4) is 0 Å². The van der Waals surface area contributed by atoms with Gasteiger partial charge in [-0.3, -0.25) is 14.4 Å². The number of aliphatic hydroxyl groups is 1. The summed E-state index contributed by atoms with van der Waals surface area (Å²) in [6.07, 6.45) is 5.81. The van der Waals surface area contributed by atoms with Crippen molar-refractivity contribution < 1.29 is 33.7 Å². The lowest BCUT2D eigenvalue weighted by Crippen LogP contribution is -2.76. The highest BCUT2D eigenvalue weighted by Crippen LogP contribution is 2.76. The summed E-state index contributed by atoms with van der Waals surface area (Å²) in [5.41, 5.74) is -2.02. The highest BCUT2D eigenvalue weighted by atomic mass is 16.6. The van der Waals surface area contributed by atoms with E-state index in [1.807, 2.05) is 19.1 Å². The van der Waals surface area contributed by atoms with Crippen LogP contribution in [0.25, 0.3) is 0 Å². The maximum atomic E-state index is 13.7. The van der Waals surface area contributed by atoms with Crippen molar-refractivity contribution in [1.29, 1.82) is 0 Å². The van der Waals surface area contributed by atoms with Crippen molar-refractivity contribution in [3.63, 3.8) is 0 Å². The molecule has 0 amide bonds. The first-order chi connectivity index (χ1) is 15.8. The van der Waals surface area contributed by atoms with Crippen LogP contribution in [0, 0.1) is 28.1 Å². The van der Waals surface area contributed by atoms with E-state index in [0.717, 1.165) is 6.42 Å². The van der Waals surface area contributed by atoms with E-state index in [1.165, 1.54) is 6.92 Å². The smallest absolute Gasteiger partial charge is 0.308 e. The zero-order valence-electron chi connectivity index (χ0n) is 21.0. The molecule has 4 aliphatic carbocycles. The molecule has 7 nitrogen and oxygen atoms in total. The number of esters is 2. The van der Waals surface area contributed by atoms with Crippen LogP contribution in [0.2, 0.25) is 0 Å². The fourth-order valence-corrected chi connectivity index (χ4v) is 7.05. The van der Waals surface area contributed by atoms with Crippen molar-refractivity contribution in [2.75, 3.05) is 13.7 Å². The normalized spacial score (nSPS) is 40.6. The van der Waals surface area contributed by atoms with E-state index in [2.05, 4.69) is 6.58 Å². The molecule has 4 aliphatic rings. The van der Waals surface area contributed by atoms with Gasteiger partial charge in [0.1, 0.15) is 18.3 Å². The van der Waals surface area contributed by atoms with Crippen LogP contribution in [0.5, 0.6) is 0 Å². The van der Waals surface area contributed by atoms with Crippen molar-refractivity contribution in [2.45, 2.75) is 72.0 Å². The van der Waals surface area contributed by atoms with Crippen LogP contribution >= 0.6 is 0 Å². The molecule has 0 heterocycles. The SMILES string of the molecule is C=CC1(C)C=C2C(=O)C(O)=C3C(C)(COC(=O)C(C)C)C(OC(C)=O)CC4CC2(CC1)C34OC. The molecule has 2 saturated carbocycles. The second-order valence-electron chi connectivity index (χ2n) is 11.3. The first-order valence-corrected chi connectivity index (χ1v) is 12.1. The molecule has 6 unspecified atom stereocenters. The second-order valence-corrected chi connectivity index (χ2v) is 11.3. The molecule has 34 heavy (non-hydrogen) atoms. The fraction of sp³-hybridized carbons (Fsp3) is 0.667. The van der Waals surface area contributed by atoms with Gasteiger partial charge in [-0.05, 0) is 38.5 Å². The van der Waals surface area contributed by atoms with E-state index < -0.39 is 40.3 Å². The van der Waals surface area contributed by atoms with Crippen LogP contribution < -0.4 is 0 Å². The van der Waals surface area contributed by atoms with Crippen molar-refractivity contribution in [2.24, 2.45) is 28.1 Å². The standard InChI is InChI=1S/C27H36O7/c1-8-24(5)9-10-26-12-17-11-19(34-16(4)28)25(6,14-33-23(31)15(2)3)22(27(17,26)32-7)21(30)20(29)18(26)13-24/h8,13,15,17,19,30H,1,9-12,14H2,2-7H3. The summed E-state index contributed by atoms with van der Waals surface area (Å²) in [6.45, 7) is 12.4. The number of methoxy groups -OCH3 is 1. The van der Waals surface area contributed by atoms with Crippen LogP contribution in [0.1, 0.15) is 60.3 Å². The molecule has 0 aromatic heterocycles.